The second-order valence-corrected chi connectivity index (χ2v) is 5.82. The van der Waals surface area contributed by atoms with Crippen molar-refractivity contribution in [2.45, 2.75) is 32.7 Å². The number of H-pyrrole nitrogens is 1. The Balaban J connectivity index is 1.51. The summed E-state index contributed by atoms with van der Waals surface area (Å²) < 4.78 is 5.61. The van der Waals surface area contributed by atoms with Crippen molar-refractivity contribution in [3.8, 4) is 0 Å². The molecule has 0 radical (unpaired) electrons. The number of hydrogen-bond acceptors (Lipinski definition) is 3. The highest BCUT2D eigenvalue weighted by Gasteiger charge is 2.19. The highest BCUT2D eigenvalue weighted by atomic mass is 16.3. The molecule has 3 aromatic rings. The van der Waals surface area contributed by atoms with E-state index in [1.807, 2.05) is 25.1 Å². The van der Waals surface area contributed by atoms with E-state index in [4.69, 9.17) is 4.42 Å². The van der Waals surface area contributed by atoms with Crippen LogP contribution in [0.2, 0.25) is 0 Å². The normalized spacial score (nSPS) is 13.5. The molecule has 2 N–H and O–H groups in total. The Morgan fingerprint density at radius 3 is 3.18 bits per heavy atom. The number of aromatic nitrogens is 2. The minimum atomic E-state index is -0.205. The van der Waals surface area contributed by atoms with Crippen molar-refractivity contribution in [3.63, 3.8) is 0 Å². The van der Waals surface area contributed by atoms with E-state index in [-0.39, 0.29) is 5.91 Å². The van der Waals surface area contributed by atoms with Gasteiger partial charge in [0, 0.05) is 11.1 Å². The van der Waals surface area contributed by atoms with Crippen LogP contribution in [0.4, 0.5) is 0 Å². The molecular formula is C17H17N3O2. The molecule has 0 aliphatic heterocycles. The summed E-state index contributed by atoms with van der Waals surface area (Å²) in [5.41, 5.74) is 5.29. The van der Waals surface area contributed by atoms with E-state index in [9.17, 15) is 4.79 Å². The Morgan fingerprint density at radius 1 is 1.36 bits per heavy atom. The van der Waals surface area contributed by atoms with Crippen LogP contribution in [0.15, 0.2) is 28.7 Å². The van der Waals surface area contributed by atoms with Crippen molar-refractivity contribution in [2.24, 2.45) is 0 Å². The molecule has 4 rings (SSSR count). The topological polar surface area (TPSA) is 70.9 Å². The highest BCUT2D eigenvalue weighted by molar-refractivity contribution is 5.96. The lowest BCUT2D eigenvalue weighted by molar-refractivity contribution is 0.0925. The van der Waals surface area contributed by atoms with Gasteiger partial charge in [-0.1, -0.05) is 11.6 Å². The third-order valence-electron chi connectivity index (χ3n) is 4.20. The summed E-state index contributed by atoms with van der Waals surface area (Å²) in [6.45, 7) is 2.45. The maximum atomic E-state index is 12.3. The van der Waals surface area contributed by atoms with Crippen LogP contribution < -0.4 is 5.32 Å². The number of furan rings is 1. The van der Waals surface area contributed by atoms with Gasteiger partial charge in [-0.2, -0.15) is 5.10 Å². The number of benzene rings is 1. The molecule has 1 aliphatic rings. The third-order valence-corrected chi connectivity index (χ3v) is 4.20. The van der Waals surface area contributed by atoms with Gasteiger partial charge in [0.25, 0.3) is 5.91 Å². The zero-order valence-electron chi connectivity index (χ0n) is 12.4. The first-order valence-corrected chi connectivity index (χ1v) is 7.54. The van der Waals surface area contributed by atoms with E-state index in [1.54, 1.807) is 6.07 Å². The first-order valence-electron chi connectivity index (χ1n) is 7.54. The lowest BCUT2D eigenvalue weighted by Crippen LogP contribution is -2.23. The first-order chi connectivity index (χ1) is 10.7. The number of fused-ring (bicyclic) bond motifs is 2. The van der Waals surface area contributed by atoms with Crippen molar-refractivity contribution in [3.05, 3.63) is 52.5 Å². The molecule has 0 spiro atoms. The molecule has 0 fully saturated rings. The molecule has 0 unspecified atom stereocenters. The van der Waals surface area contributed by atoms with Crippen LogP contribution in [0.1, 0.15) is 39.5 Å². The molecule has 0 bridgehead atoms. The van der Waals surface area contributed by atoms with Crippen LogP contribution in [0, 0.1) is 6.92 Å². The number of rotatable bonds is 3. The number of amides is 1. The molecule has 5 nitrogen and oxygen atoms in total. The number of aryl methyl sites for hydroxylation is 2. The predicted molar refractivity (Wildman–Crippen MR) is 82.7 cm³/mol. The zero-order valence-corrected chi connectivity index (χ0v) is 12.4. The fraction of sp³-hybridized carbons (Fsp3) is 0.294. The average molecular weight is 295 g/mol. The Bertz CT molecular complexity index is 860. The lowest BCUT2D eigenvalue weighted by Gasteiger charge is -2.01. The molecule has 1 aliphatic carbocycles. The average Bonchev–Trinajstić information content (AvgIpc) is 3.19. The Kier molecular flexibility index (Phi) is 2.99. The maximum Gasteiger partial charge on any atom is 0.287 e. The van der Waals surface area contributed by atoms with E-state index in [0.717, 1.165) is 41.5 Å². The largest absolute Gasteiger partial charge is 0.451 e. The van der Waals surface area contributed by atoms with E-state index in [1.165, 1.54) is 11.3 Å². The molecule has 0 saturated carbocycles. The summed E-state index contributed by atoms with van der Waals surface area (Å²) in [6.07, 6.45) is 3.26. The summed E-state index contributed by atoms with van der Waals surface area (Å²) >= 11 is 0. The number of nitrogens with one attached hydrogen (secondary N) is 2. The zero-order chi connectivity index (χ0) is 15.1. The van der Waals surface area contributed by atoms with Gasteiger partial charge < -0.3 is 9.73 Å². The molecular weight excluding hydrogens is 278 g/mol. The van der Waals surface area contributed by atoms with Crippen LogP contribution in [0.25, 0.3) is 11.0 Å². The van der Waals surface area contributed by atoms with E-state index in [2.05, 4.69) is 15.5 Å². The Hall–Kier alpha value is -2.56. The van der Waals surface area contributed by atoms with E-state index < -0.39 is 0 Å². The summed E-state index contributed by atoms with van der Waals surface area (Å²) in [5.74, 6) is 0.136. The highest BCUT2D eigenvalue weighted by Crippen LogP contribution is 2.23. The molecule has 0 atom stereocenters. The standard InChI is InChI=1S/C17H17N3O2/c1-10-5-6-15-11(7-10)8-16(22-15)17(21)18-9-14-12-3-2-4-13(12)19-20-14/h5-8H,2-4,9H2,1H3,(H,18,21)(H,19,20). The van der Waals surface area contributed by atoms with Crippen molar-refractivity contribution in [1.29, 1.82) is 0 Å². The predicted octanol–water partition coefficient (Wildman–Crippen LogP) is 2.88. The second kappa shape index (κ2) is 5.02. The van der Waals surface area contributed by atoms with Crippen LogP contribution in [-0.2, 0) is 19.4 Å². The molecule has 2 heterocycles. The summed E-state index contributed by atoms with van der Waals surface area (Å²) in [4.78, 5) is 12.3. The molecule has 22 heavy (non-hydrogen) atoms. The van der Waals surface area contributed by atoms with Crippen molar-refractivity contribution >= 4 is 16.9 Å². The number of carbonyl (C=O) groups is 1. The summed E-state index contributed by atoms with van der Waals surface area (Å²) in [7, 11) is 0. The smallest absolute Gasteiger partial charge is 0.287 e. The summed E-state index contributed by atoms with van der Waals surface area (Å²) in [5, 5.41) is 11.2. The fourth-order valence-corrected chi connectivity index (χ4v) is 3.06. The van der Waals surface area contributed by atoms with Gasteiger partial charge in [-0.3, -0.25) is 9.89 Å². The first kappa shape index (κ1) is 13.1. The molecule has 1 aromatic carbocycles. The molecule has 5 heteroatoms. The quantitative estimate of drug-likeness (QED) is 0.780. The van der Waals surface area contributed by atoms with Crippen molar-refractivity contribution in [2.75, 3.05) is 0 Å². The number of carbonyl (C=O) groups excluding carboxylic acids is 1. The van der Waals surface area contributed by atoms with Crippen LogP contribution in [0.5, 0.6) is 0 Å². The van der Waals surface area contributed by atoms with Crippen LogP contribution >= 0.6 is 0 Å². The Morgan fingerprint density at radius 2 is 2.27 bits per heavy atom. The van der Waals surface area contributed by atoms with Gasteiger partial charge >= 0.3 is 0 Å². The van der Waals surface area contributed by atoms with Crippen LogP contribution in [0.3, 0.4) is 0 Å². The van der Waals surface area contributed by atoms with Gasteiger partial charge in [-0.25, -0.2) is 0 Å². The van der Waals surface area contributed by atoms with Gasteiger partial charge in [0.1, 0.15) is 5.58 Å². The number of aromatic amines is 1. The Labute approximate surface area is 127 Å². The molecule has 0 saturated heterocycles. The van der Waals surface area contributed by atoms with Gasteiger partial charge in [0.15, 0.2) is 5.76 Å². The molecule has 2 aromatic heterocycles. The van der Waals surface area contributed by atoms with Gasteiger partial charge in [-0.05, 0) is 49.9 Å². The van der Waals surface area contributed by atoms with Crippen molar-refractivity contribution in [1.82, 2.24) is 15.5 Å². The van der Waals surface area contributed by atoms with Gasteiger partial charge in [0.2, 0.25) is 0 Å². The SMILES string of the molecule is Cc1ccc2oc(C(=O)NCc3n[nH]c4c3CCC4)cc2c1. The summed E-state index contributed by atoms with van der Waals surface area (Å²) in [6, 6.07) is 7.66. The van der Waals surface area contributed by atoms with Gasteiger partial charge in [-0.15, -0.1) is 0 Å². The van der Waals surface area contributed by atoms with Crippen molar-refractivity contribution < 1.29 is 9.21 Å². The maximum absolute atomic E-state index is 12.3. The fourth-order valence-electron chi connectivity index (χ4n) is 3.06. The minimum absolute atomic E-state index is 0.205. The van der Waals surface area contributed by atoms with E-state index >= 15 is 0 Å². The van der Waals surface area contributed by atoms with Gasteiger partial charge in [0.05, 0.1) is 12.2 Å². The monoisotopic (exact) mass is 295 g/mol. The third kappa shape index (κ3) is 2.19. The van der Waals surface area contributed by atoms with E-state index in [0.29, 0.717) is 12.3 Å². The minimum Gasteiger partial charge on any atom is -0.451 e. The second-order valence-electron chi connectivity index (χ2n) is 5.82. The number of nitrogens with zero attached hydrogens (tertiary/aromatic N) is 1. The molecule has 112 valence electrons. The van der Waals surface area contributed by atoms with Crippen LogP contribution in [-0.4, -0.2) is 16.1 Å². The number of hydrogen-bond donors (Lipinski definition) is 2. The lowest BCUT2D eigenvalue weighted by atomic mass is 10.2. The molecule has 1 amide bonds.